The van der Waals surface area contributed by atoms with Crippen LogP contribution in [0, 0.1) is 5.92 Å². The van der Waals surface area contributed by atoms with Crippen molar-refractivity contribution in [1.82, 2.24) is 19.3 Å². The molecule has 0 aromatic carbocycles. The second kappa shape index (κ2) is 6.34. The van der Waals surface area contributed by atoms with E-state index in [1.165, 1.54) is 51.5 Å². The van der Waals surface area contributed by atoms with Crippen LogP contribution in [0.5, 0.6) is 0 Å². The number of nitrogens with one attached hydrogen (secondary N) is 2. The molecule has 2 aliphatic rings. The van der Waals surface area contributed by atoms with E-state index in [2.05, 4.69) is 38.8 Å². The van der Waals surface area contributed by atoms with E-state index in [1.54, 1.807) is 0 Å². The topological polar surface area (TPSA) is 30.5 Å². The molecule has 0 radical (unpaired) electrons. The van der Waals surface area contributed by atoms with E-state index in [0.717, 1.165) is 12.6 Å². The highest BCUT2D eigenvalue weighted by atomic mass is 127. The molecule has 0 bridgehead atoms. The van der Waals surface area contributed by atoms with Crippen LogP contribution >= 0.6 is 22.9 Å². The highest BCUT2D eigenvalue weighted by Gasteiger charge is 2.20. The normalized spacial score (nSPS) is 27.8. The number of halogens is 1. The molecule has 0 aromatic rings. The van der Waals surface area contributed by atoms with Crippen LogP contribution in [0.25, 0.3) is 0 Å². The summed E-state index contributed by atoms with van der Waals surface area (Å²) in [5.41, 5.74) is 6.50. The number of hydrogen-bond acceptors (Lipinski definition) is 4. The molecule has 2 fully saturated rings. The van der Waals surface area contributed by atoms with Gasteiger partial charge in [-0.2, -0.15) is 5.53 Å². The van der Waals surface area contributed by atoms with Crippen molar-refractivity contribution in [3.05, 3.63) is 0 Å². The lowest BCUT2D eigenvalue weighted by atomic mass is 9.91. The summed E-state index contributed by atoms with van der Waals surface area (Å²) in [4.78, 5) is 0. The molecule has 1 saturated carbocycles. The number of rotatable bonds is 2. The summed E-state index contributed by atoms with van der Waals surface area (Å²) in [6.45, 7) is 2.12. The van der Waals surface area contributed by atoms with Gasteiger partial charge in [0.15, 0.2) is 0 Å². The summed E-state index contributed by atoms with van der Waals surface area (Å²) in [7, 11) is 0. The first-order chi connectivity index (χ1) is 7.34. The van der Waals surface area contributed by atoms with Gasteiger partial charge in [-0.3, -0.25) is 0 Å². The highest BCUT2D eigenvalue weighted by molar-refractivity contribution is 14.1. The van der Waals surface area contributed by atoms with E-state index >= 15 is 0 Å². The summed E-state index contributed by atoms with van der Waals surface area (Å²) in [5.74, 6) is 0.891. The van der Waals surface area contributed by atoms with Gasteiger partial charge in [0.1, 0.15) is 0 Å². The molecule has 4 nitrogen and oxygen atoms in total. The number of hydrogen-bond donors (Lipinski definition) is 2. The zero-order chi connectivity index (χ0) is 10.5. The molecule has 0 spiro atoms. The lowest BCUT2D eigenvalue weighted by Crippen LogP contribution is -2.38. The monoisotopic (exact) mass is 324 g/mol. The second-order valence-electron chi connectivity index (χ2n) is 4.63. The van der Waals surface area contributed by atoms with E-state index < -0.39 is 0 Å². The van der Waals surface area contributed by atoms with Crippen molar-refractivity contribution >= 4 is 22.9 Å². The minimum Gasteiger partial charge on any atom is -0.215 e. The Morgan fingerprint density at radius 3 is 2.33 bits per heavy atom. The molecular weight excluding hydrogens is 303 g/mol. The average Bonchev–Trinajstić information content (AvgIpc) is 2.56. The summed E-state index contributed by atoms with van der Waals surface area (Å²) in [5, 5.41) is 2.28. The van der Waals surface area contributed by atoms with E-state index in [-0.39, 0.29) is 0 Å². The largest absolute Gasteiger partial charge is 0.215 e. The molecule has 0 unspecified atom stereocenters. The summed E-state index contributed by atoms with van der Waals surface area (Å²) < 4.78 is 1.90. The van der Waals surface area contributed by atoms with Crippen molar-refractivity contribution in [2.75, 3.05) is 13.2 Å². The molecule has 1 saturated heterocycles. The molecule has 2 N–H and O–H groups in total. The van der Waals surface area contributed by atoms with Gasteiger partial charge < -0.3 is 0 Å². The van der Waals surface area contributed by atoms with E-state index in [9.17, 15) is 0 Å². The second-order valence-corrected chi connectivity index (χ2v) is 5.60. The van der Waals surface area contributed by atoms with Crippen LogP contribution in [0.4, 0.5) is 0 Å². The maximum atomic E-state index is 3.28. The zero-order valence-corrected chi connectivity index (χ0v) is 11.4. The van der Waals surface area contributed by atoms with Crippen LogP contribution in [0.3, 0.4) is 0 Å². The number of hydrazine groups is 3. The molecule has 15 heavy (non-hydrogen) atoms. The van der Waals surface area contributed by atoms with Gasteiger partial charge in [0.25, 0.3) is 0 Å². The molecule has 0 atom stereocenters. The first kappa shape index (κ1) is 12.0. The van der Waals surface area contributed by atoms with Crippen LogP contribution in [0.2, 0.25) is 0 Å². The van der Waals surface area contributed by atoms with Crippen molar-refractivity contribution in [2.24, 2.45) is 5.92 Å². The van der Waals surface area contributed by atoms with Gasteiger partial charge >= 0.3 is 0 Å². The van der Waals surface area contributed by atoms with Gasteiger partial charge in [0, 0.05) is 6.54 Å². The van der Waals surface area contributed by atoms with Gasteiger partial charge in [0.05, 0.1) is 29.5 Å². The van der Waals surface area contributed by atoms with Gasteiger partial charge in [-0.15, -0.1) is 3.33 Å². The fourth-order valence-corrected chi connectivity index (χ4v) is 2.94. The summed E-state index contributed by atoms with van der Waals surface area (Å²) in [6, 6.07) is 0. The lowest BCUT2D eigenvalue weighted by molar-refractivity contribution is 0.155. The molecular formula is C10H21IN4. The van der Waals surface area contributed by atoms with Crippen molar-refractivity contribution in [2.45, 2.75) is 44.9 Å². The first-order valence-corrected chi connectivity index (χ1v) is 7.02. The smallest absolute Gasteiger partial charge is 0.0789 e. The molecule has 0 aromatic heterocycles. The molecule has 88 valence electrons. The van der Waals surface area contributed by atoms with Crippen molar-refractivity contribution in [1.29, 1.82) is 0 Å². The molecule has 0 amide bonds. The Hall–Kier alpha value is 0.570. The average molecular weight is 324 g/mol. The van der Waals surface area contributed by atoms with Gasteiger partial charge in [-0.05, 0) is 18.8 Å². The quantitative estimate of drug-likeness (QED) is 0.602. The Morgan fingerprint density at radius 2 is 1.73 bits per heavy atom. The Balaban J connectivity index is 1.71. The molecule has 1 aliphatic carbocycles. The zero-order valence-electron chi connectivity index (χ0n) is 9.21. The van der Waals surface area contributed by atoms with Crippen molar-refractivity contribution < 1.29 is 0 Å². The maximum absolute atomic E-state index is 3.28. The highest BCUT2D eigenvalue weighted by Crippen LogP contribution is 2.23. The molecule has 5 heteroatoms. The fraction of sp³-hybridized carbons (Fsp3) is 1.00. The predicted octanol–water partition coefficient (Wildman–Crippen LogP) is 2.20. The third-order valence-electron chi connectivity index (χ3n) is 3.33. The SMILES string of the molecule is IN1NCN(CC2CCCCCCC2)N1. The van der Waals surface area contributed by atoms with Gasteiger partial charge in [-0.25, -0.2) is 10.4 Å². The summed E-state index contributed by atoms with van der Waals surface area (Å²) in [6.07, 6.45) is 10.0. The molecule has 1 heterocycles. The lowest BCUT2D eigenvalue weighted by Gasteiger charge is -2.24. The van der Waals surface area contributed by atoms with Crippen LogP contribution in [-0.4, -0.2) is 21.6 Å². The van der Waals surface area contributed by atoms with E-state index in [1.807, 2.05) is 3.33 Å². The fourth-order valence-electron chi connectivity index (χ4n) is 2.48. The summed E-state index contributed by atoms with van der Waals surface area (Å²) >= 11 is 2.22. The minimum atomic E-state index is 0.891. The third kappa shape index (κ3) is 4.14. The Kier molecular flexibility index (Phi) is 5.09. The van der Waals surface area contributed by atoms with Crippen molar-refractivity contribution in [3.63, 3.8) is 0 Å². The Bertz CT molecular complexity index is 182. The Labute approximate surface area is 106 Å². The van der Waals surface area contributed by atoms with Gasteiger partial charge in [0.2, 0.25) is 0 Å². The maximum Gasteiger partial charge on any atom is 0.0789 e. The number of nitrogens with zero attached hydrogens (tertiary/aromatic N) is 2. The Morgan fingerprint density at radius 1 is 1.07 bits per heavy atom. The van der Waals surface area contributed by atoms with Crippen LogP contribution < -0.4 is 11.0 Å². The molecule has 1 aliphatic heterocycles. The van der Waals surface area contributed by atoms with Crippen molar-refractivity contribution in [3.8, 4) is 0 Å². The van der Waals surface area contributed by atoms with Gasteiger partial charge in [-0.1, -0.05) is 32.1 Å². The third-order valence-corrected chi connectivity index (χ3v) is 3.89. The van der Waals surface area contributed by atoms with E-state index in [4.69, 9.17) is 0 Å². The van der Waals surface area contributed by atoms with Crippen LogP contribution in [-0.2, 0) is 0 Å². The predicted molar refractivity (Wildman–Crippen MR) is 69.5 cm³/mol. The van der Waals surface area contributed by atoms with Crippen LogP contribution in [0.15, 0.2) is 0 Å². The molecule has 2 rings (SSSR count). The standard InChI is InChI=1S/C10H21IN4/c11-15-12-9-14(13-15)8-10-6-4-2-1-3-5-7-10/h10,12-13H,1-9H2. The first-order valence-electron chi connectivity index (χ1n) is 6.05. The van der Waals surface area contributed by atoms with E-state index in [0.29, 0.717) is 0 Å². The van der Waals surface area contributed by atoms with Crippen LogP contribution in [0.1, 0.15) is 44.9 Å². The minimum absolute atomic E-state index is 0.891.